The van der Waals surface area contributed by atoms with Crippen molar-refractivity contribution < 1.29 is 9.32 Å². The third-order valence-corrected chi connectivity index (χ3v) is 5.39. The third-order valence-electron chi connectivity index (χ3n) is 4.70. The van der Waals surface area contributed by atoms with Crippen LogP contribution in [0, 0.1) is 6.92 Å². The van der Waals surface area contributed by atoms with Crippen molar-refractivity contribution in [3.8, 4) is 11.4 Å². The van der Waals surface area contributed by atoms with E-state index in [4.69, 9.17) is 4.52 Å². The molecule has 0 radical (unpaired) electrons. The van der Waals surface area contributed by atoms with E-state index in [1.165, 1.54) is 0 Å². The summed E-state index contributed by atoms with van der Waals surface area (Å²) in [5, 5.41) is 6.90. The Morgan fingerprint density at radius 2 is 1.79 bits per heavy atom. The van der Waals surface area contributed by atoms with Gasteiger partial charge in [-0.1, -0.05) is 17.3 Å². The topological polar surface area (TPSA) is 74.5 Å². The summed E-state index contributed by atoms with van der Waals surface area (Å²) in [6, 6.07) is 15.6. The van der Waals surface area contributed by atoms with Crippen LogP contribution in [0.1, 0.15) is 5.89 Å². The summed E-state index contributed by atoms with van der Waals surface area (Å²) in [6.07, 6.45) is 0. The summed E-state index contributed by atoms with van der Waals surface area (Å²) >= 11 is 3.46. The van der Waals surface area contributed by atoms with Crippen molar-refractivity contribution in [2.24, 2.45) is 0 Å². The van der Waals surface area contributed by atoms with E-state index < -0.39 is 0 Å². The Hall–Kier alpha value is -2.87. The number of nitrogens with one attached hydrogen (secondary N) is 1. The normalized spacial score (nSPS) is 14.2. The number of carbonyl (C=O) groups excluding carboxylic acids is 1. The smallest absolute Gasteiger partial charge is 0.321 e. The van der Waals surface area contributed by atoms with E-state index in [1.54, 1.807) is 6.92 Å². The number of urea groups is 1. The van der Waals surface area contributed by atoms with Crippen LogP contribution in [0.25, 0.3) is 11.4 Å². The molecule has 3 aromatic rings. The van der Waals surface area contributed by atoms with Crippen LogP contribution >= 0.6 is 15.9 Å². The molecule has 0 bridgehead atoms. The van der Waals surface area contributed by atoms with Crippen molar-refractivity contribution in [1.82, 2.24) is 15.0 Å². The molecule has 28 heavy (non-hydrogen) atoms. The fraction of sp³-hybridized carbons (Fsp3) is 0.250. The highest BCUT2D eigenvalue weighted by Gasteiger charge is 2.22. The zero-order chi connectivity index (χ0) is 19.5. The lowest BCUT2D eigenvalue weighted by molar-refractivity contribution is 0.208. The molecule has 4 rings (SSSR count). The van der Waals surface area contributed by atoms with Gasteiger partial charge in [-0.25, -0.2) is 4.79 Å². The summed E-state index contributed by atoms with van der Waals surface area (Å²) in [5.74, 6) is 1.15. The van der Waals surface area contributed by atoms with Gasteiger partial charge in [-0.15, -0.1) is 0 Å². The number of benzene rings is 2. The lowest BCUT2D eigenvalue weighted by Gasteiger charge is -2.36. The van der Waals surface area contributed by atoms with Gasteiger partial charge in [0.1, 0.15) is 0 Å². The zero-order valence-electron chi connectivity index (χ0n) is 15.4. The molecule has 2 amide bonds. The second kappa shape index (κ2) is 8.02. The molecular formula is C20H20BrN5O2. The van der Waals surface area contributed by atoms with E-state index in [2.05, 4.69) is 48.4 Å². The van der Waals surface area contributed by atoms with Crippen LogP contribution in [-0.4, -0.2) is 47.3 Å². The van der Waals surface area contributed by atoms with Gasteiger partial charge in [-0.05, 0) is 52.3 Å². The lowest BCUT2D eigenvalue weighted by Crippen LogP contribution is -2.50. The van der Waals surface area contributed by atoms with Crippen LogP contribution in [0.2, 0.25) is 0 Å². The van der Waals surface area contributed by atoms with Crippen molar-refractivity contribution in [1.29, 1.82) is 0 Å². The number of aryl methyl sites for hydroxylation is 1. The van der Waals surface area contributed by atoms with Crippen molar-refractivity contribution in [2.45, 2.75) is 6.92 Å². The number of amides is 2. The minimum atomic E-state index is -0.0747. The number of para-hydroxylation sites is 1. The molecule has 0 saturated carbocycles. The molecule has 144 valence electrons. The van der Waals surface area contributed by atoms with E-state index in [0.717, 1.165) is 34.5 Å². The third kappa shape index (κ3) is 4.01. The van der Waals surface area contributed by atoms with Crippen LogP contribution in [0.15, 0.2) is 57.5 Å². The monoisotopic (exact) mass is 441 g/mol. The second-order valence-corrected chi connectivity index (χ2v) is 7.42. The van der Waals surface area contributed by atoms with Gasteiger partial charge in [0.05, 0.1) is 5.69 Å². The molecule has 8 heteroatoms. The molecule has 1 aromatic heterocycles. The molecule has 0 spiro atoms. The molecule has 2 heterocycles. The summed E-state index contributed by atoms with van der Waals surface area (Å²) in [4.78, 5) is 20.9. The number of rotatable bonds is 3. The molecule has 0 aliphatic carbocycles. The Morgan fingerprint density at radius 3 is 2.43 bits per heavy atom. The van der Waals surface area contributed by atoms with Gasteiger partial charge < -0.3 is 19.6 Å². The van der Waals surface area contributed by atoms with Gasteiger partial charge in [0.2, 0.25) is 11.7 Å². The number of carbonyl (C=O) groups is 1. The highest BCUT2D eigenvalue weighted by Crippen LogP contribution is 2.24. The Kier molecular flexibility index (Phi) is 5.29. The van der Waals surface area contributed by atoms with Crippen molar-refractivity contribution in [3.63, 3.8) is 0 Å². The Labute approximate surface area is 171 Å². The van der Waals surface area contributed by atoms with E-state index in [9.17, 15) is 4.79 Å². The largest absolute Gasteiger partial charge is 0.368 e. The first-order valence-corrected chi connectivity index (χ1v) is 9.85. The molecule has 1 fully saturated rings. The van der Waals surface area contributed by atoms with Gasteiger partial charge >= 0.3 is 6.03 Å². The van der Waals surface area contributed by atoms with Gasteiger partial charge in [0, 0.05) is 48.8 Å². The molecule has 1 aliphatic heterocycles. The predicted molar refractivity (Wildman–Crippen MR) is 111 cm³/mol. The van der Waals surface area contributed by atoms with Crippen LogP contribution in [0.4, 0.5) is 16.2 Å². The highest BCUT2D eigenvalue weighted by atomic mass is 79.9. The Bertz CT molecular complexity index is 965. The first kappa shape index (κ1) is 18.5. The Morgan fingerprint density at radius 1 is 1.07 bits per heavy atom. The molecular weight excluding hydrogens is 422 g/mol. The van der Waals surface area contributed by atoms with Crippen LogP contribution < -0.4 is 10.2 Å². The van der Waals surface area contributed by atoms with Crippen LogP contribution in [0.5, 0.6) is 0 Å². The quantitative estimate of drug-likeness (QED) is 0.660. The number of aromatic nitrogens is 2. The number of hydrogen-bond acceptors (Lipinski definition) is 5. The zero-order valence-corrected chi connectivity index (χ0v) is 17.0. The Balaban J connectivity index is 1.35. The lowest BCUT2D eigenvalue weighted by atomic mass is 10.1. The second-order valence-electron chi connectivity index (χ2n) is 6.57. The minimum absolute atomic E-state index is 0.0747. The van der Waals surface area contributed by atoms with Gasteiger partial charge in [-0.2, -0.15) is 4.98 Å². The molecule has 1 saturated heterocycles. The fourth-order valence-electron chi connectivity index (χ4n) is 3.16. The fourth-order valence-corrected chi connectivity index (χ4v) is 3.55. The summed E-state index contributed by atoms with van der Waals surface area (Å²) in [6.45, 7) is 4.68. The molecule has 7 nitrogen and oxygen atoms in total. The predicted octanol–water partition coefficient (Wildman–Crippen LogP) is 4.16. The van der Waals surface area contributed by atoms with Crippen LogP contribution in [-0.2, 0) is 0 Å². The average Bonchev–Trinajstić information content (AvgIpc) is 3.16. The van der Waals surface area contributed by atoms with Crippen molar-refractivity contribution in [3.05, 3.63) is 58.9 Å². The summed E-state index contributed by atoms with van der Waals surface area (Å²) in [5.41, 5.74) is 2.82. The molecule has 0 atom stereocenters. The van der Waals surface area contributed by atoms with Crippen LogP contribution in [0.3, 0.4) is 0 Å². The van der Waals surface area contributed by atoms with E-state index in [1.807, 2.05) is 41.3 Å². The molecule has 0 unspecified atom stereocenters. The van der Waals surface area contributed by atoms with Gasteiger partial charge in [0.15, 0.2) is 0 Å². The van der Waals surface area contributed by atoms with Crippen molar-refractivity contribution in [2.75, 3.05) is 36.4 Å². The number of hydrogen-bond donors (Lipinski definition) is 1. The van der Waals surface area contributed by atoms with Gasteiger partial charge in [-0.3, -0.25) is 0 Å². The average molecular weight is 442 g/mol. The van der Waals surface area contributed by atoms with Gasteiger partial charge in [0.25, 0.3) is 0 Å². The number of piperazine rings is 1. The molecule has 2 aromatic carbocycles. The maximum atomic E-state index is 12.5. The standard InChI is InChI=1S/C20H20BrN5O2/c1-14-22-19(24-28-14)15-6-8-16(9-7-15)25-10-12-26(13-11-25)20(27)23-18-5-3-2-4-17(18)21/h2-9H,10-13H2,1H3,(H,23,27). The SMILES string of the molecule is Cc1nc(-c2ccc(N3CCN(C(=O)Nc4ccccc4Br)CC3)cc2)no1. The summed E-state index contributed by atoms with van der Waals surface area (Å²) < 4.78 is 5.91. The number of nitrogens with zero attached hydrogens (tertiary/aromatic N) is 4. The summed E-state index contributed by atoms with van der Waals surface area (Å²) in [7, 11) is 0. The first-order valence-electron chi connectivity index (χ1n) is 9.06. The van der Waals surface area contributed by atoms with E-state index in [0.29, 0.717) is 24.8 Å². The highest BCUT2D eigenvalue weighted by molar-refractivity contribution is 9.10. The molecule has 1 N–H and O–H groups in total. The minimum Gasteiger partial charge on any atom is -0.368 e. The first-order chi connectivity index (χ1) is 13.6. The number of anilines is 2. The van der Waals surface area contributed by atoms with E-state index in [-0.39, 0.29) is 6.03 Å². The number of halogens is 1. The maximum Gasteiger partial charge on any atom is 0.321 e. The van der Waals surface area contributed by atoms with Crippen molar-refractivity contribution >= 4 is 33.3 Å². The molecule has 1 aliphatic rings. The van der Waals surface area contributed by atoms with E-state index >= 15 is 0 Å². The maximum absolute atomic E-state index is 12.5.